The summed E-state index contributed by atoms with van der Waals surface area (Å²) in [6.45, 7) is 5.56. The number of ketones is 1. The third kappa shape index (κ3) is 3.33. The summed E-state index contributed by atoms with van der Waals surface area (Å²) < 4.78 is 11.2. The second-order valence-electron chi connectivity index (χ2n) is 5.99. The van der Waals surface area contributed by atoms with Crippen molar-refractivity contribution in [2.24, 2.45) is 0 Å². The van der Waals surface area contributed by atoms with Crippen molar-refractivity contribution >= 4 is 16.8 Å². The number of carbonyl (C=O) groups excluding carboxylic acids is 1. The summed E-state index contributed by atoms with van der Waals surface area (Å²) in [4.78, 5) is 24.5. The van der Waals surface area contributed by atoms with Gasteiger partial charge in [-0.2, -0.15) is 0 Å². The van der Waals surface area contributed by atoms with Gasteiger partial charge in [-0.1, -0.05) is 37.3 Å². The molecule has 128 valence electrons. The minimum Gasteiger partial charge on any atom is -0.482 e. The van der Waals surface area contributed by atoms with Crippen LogP contribution in [0.1, 0.15) is 35.3 Å². The smallest absolute Gasteiger partial charge is 0.339 e. The fraction of sp³-hybridized carbons (Fsp3) is 0.238. The fourth-order valence-corrected chi connectivity index (χ4v) is 2.95. The standard InChI is InChI=1S/C21H20O4/c1-4-17-13(2)18-11-10-16(12-19(18)25-21(17)23)24-14(3)20(22)15-8-6-5-7-9-15/h5-12,14H,4H2,1-3H3/t14-/m0/s1. The number of fused-ring (bicyclic) bond motifs is 1. The van der Waals surface area contributed by atoms with Crippen molar-refractivity contribution in [1.29, 1.82) is 0 Å². The van der Waals surface area contributed by atoms with Crippen LogP contribution in [0.15, 0.2) is 57.7 Å². The summed E-state index contributed by atoms with van der Waals surface area (Å²) in [5, 5.41) is 0.880. The third-order valence-corrected chi connectivity index (χ3v) is 4.35. The maximum absolute atomic E-state index is 12.4. The Morgan fingerprint density at radius 3 is 2.56 bits per heavy atom. The molecule has 1 heterocycles. The molecule has 1 atom stereocenters. The van der Waals surface area contributed by atoms with Crippen LogP contribution in [0.2, 0.25) is 0 Å². The first-order valence-electron chi connectivity index (χ1n) is 8.33. The molecule has 3 rings (SSSR count). The molecular weight excluding hydrogens is 316 g/mol. The third-order valence-electron chi connectivity index (χ3n) is 4.35. The zero-order chi connectivity index (χ0) is 18.0. The van der Waals surface area contributed by atoms with E-state index < -0.39 is 6.10 Å². The molecule has 25 heavy (non-hydrogen) atoms. The number of Topliss-reactive ketones (excluding diaryl/α,β-unsaturated/α-hetero) is 1. The van der Waals surface area contributed by atoms with E-state index in [9.17, 15) is 9.59 Å². The monoisotopic (exact) mass is 336 g/mol. The van der Waals surface area contributed by atoms with Crippen molar-refractivity contribution in [1.82, 2.24) is 0 Å². The van der Waals surface area contributed by atoms with Gasteiger partial charge in [0.1, 0.15) is 11.3 Å². The molecule has 0 radical (unpaired) electrons. The lowest BCUT2D eigenvalue weighted by Crippen LogP contribution is -2.23. The first-order chi connectivity index (χ1) is 12.0. The molecule has 0 saturated carbocycles. The van der Waals surface area contributed by atoms with Gasteiger partial charge in [-0.15, -0.1) is 0 Å². The van der Waals surface area contributed by atoms with Crippen LogP contribution in [0.3, 0.4) is 0 Å². The van der Waals surface area contributed by atoms with Gasteiger partial charge in [0.25, 0.3) is 0 Å². The average molecular weight is 336 g/mol. The molecule has 3 aromatic rings. The second kappa shape index (κ2) is 6.93. The first kappa shape index (κ1) is 17.0. The molecule has 4 heteroatoms. The lowest BCUT2D eigenvalue weighted by atomic mass is 10.0. The van der Waals surface area contributed by atoms with Gasteiger partial charge >= 0.3 is 5.63 Å². The molecule has 1 aromatic heterocycles. The summed E-state index contributed by atoms with van der Waals surface area (Å²) in [7, 11) is 0. The molecule has 0 amide bonds. The highest BCUT2D eigenvalue weighted by atomic mass is 16.5. The molecule has 0 spiro atoms. The van der Waals surface area contributed by atoms with E-state index in [-0.39, 0.29) is 11.4 Å². The van der Waals surface area contributed by atoms with Crippen LogP contribution in [-0.4, -0.2) is 11.9 Å². The lowest BCUT2D eigenvalue weighted by Gasteiger charge is -2.14. The first-order valence-corrected chi connectivity index (χ1v) is 8.33. The van der Waals surface area contributed by atoms with Crippen LogP contribution in [0.4, 0.5) is 0 Å². The Kier molecular flexibility index (Phi) is 4.70. The maximum Gasteiger partial charge on any atom is 0.339 e. The maximum atomic E-state index is 12.4. The van der Waals surface area contributed by atoms with Crippen LogP contribution >= 0.6 is 0 Å². The number of carbonyl (C=O) groups is 1. The van der Waals surface area contributed by atoms with Crippen molar-refractivity contribution < 1.29 is 13.9 Å². The molecule has 0 N–H and O–H groups in total. The summed E-state index contributed by atoms with van der Waals surface area (Å²) >= 11 is 0. The fourth-order valence-electron chi connectivity index (χ4n) is 2.95. The quantitative estimate of drug-likeness (QED) is 0.514. The Bertz CT molecular complexity index is 970. The van der Waals surface area contributed by atoms with E-state index in [1.165, 1.54) is 0 Å². The van der Waals surface area contributed by atoms with Crippen LogP contribution in [0, 0.1) is 6.92 Å². The van der Waals surface area contributed by atoms with E-state index in [2.05, 4.69) is 0 Å². The van der Waals surface area contributed by atoms with Crippen LogP contribution in [0.5, 0.6) is 5.75 Å². The molecule has 0 fully saturated rings. The Morgan fingerprint density at radius 1 is 1.16 bits per heavy atom. The van der Waals surface area contributed by atoms with E-state index >= 15 is 0 Å². The zero-order valence-electron chi connectivity index (χ0n) is 14.5. The lowest BCUT2D eigenvalue weighted by molar-refractivity contribution is 0.0818. The topological polar surface area (TPSA) is 56.5 Å². The van der Waals surface area contributed by atoms with Crippen molar-refractivity contribution in [3.05, 3.63) is 75.6 Å². The molecule has 0 unspecified atom stereocenters. The van der Waals surface area contributed by atoms with E-state index in [4.69, 9.17) is 9.15 Å². The van der Waals surface area contributed by atoms with Gasteiger partial charge in [0.05, 0.1) is 0 Å². The SMILES string of the molecule is CCc1c(C)c2ccc(O[C@@H](C)C(=O)c3ccccc3)cc2oc1=O. The van der Waals surface area contributed by atoms with Crippen molar-refractivity contribution in [2.45, 2.75) is 33.3 Å². The second-order valence-corrected chi connectivity index (χ2v) is 5.99. The van der Waals surface area contributed by atoms with E-state index in [1.54, 1.807) is 31.2 Å². The Morgan fingerprint density at radius 2 is 1.88 bits per heavy atom. The predicted octanol–water partition coefficient (Wildman–Crippen LogP) is 4.31. The summed E-state index contributed by atoms with van der Waals surface area (Å²) in [6, 6.07) is 14.3. The molecular formula is C21H20O4. The molecule has 0 aliphatic heterocycles. The highest BCUT2D eigenvalue weighted by molar-refractivity contribution is 5.99. The van der Waals surface area contributed by atoms with E-state index in [1.807, 2.05) is 38.1 Å². The Hall–Kier alpha value is -2.88. The Labute approximate surface area is 146 Å². The number of hydrogen-bond donors (Lipinski definition) is 0. The van der Waals surface area contributed by atoms with Crippen LogP contribution in [-0.2, 0) is 6.42 Å². The van der Waals surface area contributed by atoms with Gasteiger partial charge in [0.2, 0.25) is 5.78 Å². The summed E-state index contributed by atoms with van der Waals surface area (Å²) in [5.41, 5.74) is 2.36. The van der Waals surface area contributed by atoms with Crippen LogP contribution < -0.4 is 10.4 Å². The minimum atomic E-state index is -0.636. The molecule has 0 aliphatic carbocycles. The van der Waals surface area contributed by atoms with Crippen molar-refractivity contribution in [3.8, 4) is 5.75 Å². The van der Waals surface area contributed by atoms with E-state index in [0.717, 1.165) is 10.9 Å². The highest BCUT2D eigenvalue weighted by Gasteiger charge is 2.17. The highest BCUT2D eigenvalue weighted by Crippen LogP contribution is 2.25. The van der Waals surface area contributed by atoms with Crippen LogP contribution in [0.25, 0.3) is 11.0 Å². The van der Waals surface area contributed by atoms with Gasteiger partial charge in [-0.25, -0.2) is 4.79 Å². The minimum absolute atomic E-state index is 0.0975. The van der Waals surface area contributed by atoms with Gasteiger partial charge in [0.15, 0.2) is 6.10 Å². The number of ether oxygens (including phenoxy) is 1. The summed E-state index contributed by atoms with van der Waals surface area (Å²) in [6.07, 6.45) is -0.00657. The molecule has 0 bridgehead atoms. The van der Waals surface area contributed by atoms with E-state index in [0.29, 0.717) is 28.9 Å². The average Bonchev–Trinajstić information content (AvgIpc) is 2.62. The van der Waals surface area contributed by atoms with Gasteiger partial charge in [0, 0.05) is 22.6 Å². The number of aryl methyl sites for hydroxylation is 1. The predicted molar refractivity (Wildman–Crippen MR) is 97.5 cm³/mol. The van der Waals surface area contributed by atoms with Crippen molar-refractivity contribution in [3.63, 3.8) is 0 Å². The molecule has 0 aliphatic rings. The zero-order valence-corrected chi connectivity index (χ0v) is 14.5. The normalized spacial score (nSPS) is 12.1. The Balaban J connectivity index is 1.90. The van der Waals surface area contributed by atoms with Gasteiger partial charge in [-0.3, -0.25) is 4.79 Å². The summed E-state index contributed by atoms with van der Waals surface area (Å²) in [5.74, 6) is 0.399. The number of hydrogen-bond acceptors (Lipinski definition) is 4. The largest absolute Gasteiger partial charge is 0.482 e. The van der Waals surface area contributed by atoms with Crippen molar-refractivity contribution in [2.75, 3.05) is 0 Å². The number of benzene rings is 2. The molecule has 4 nitrogen and oxygen atoms in total. The molecule has 2 aromatic carbocycles. The van der Waals surface area contributed by atoms with Gasteiger partial charge in [-0.05, 0) is 38.0 Å². The van der Waals surface area contributed by atoms with Gasteiger partial charge < -0.3 is 9.15 Å². The molecule has 0 saturated heterocycles. The number of rotatable bonds is 5.